The van der Waals surface area contributed by atoms with Gasteiger partial charge < -0.3 is 9.84 Å². The number of hydrogen-bond donors (Lipinski definition) is 2. The third-order valence-corrected chi connectivity index (χ3v) is 2.79. The van der Waals surface area contributed by atoms with Gasteiger partial charge in [-0.2, -0.15) is 0 Å². The molecule has 2 N–H and O–H groups in total. The number of benzene rings is 2. The predicted octanol–water partition coefficient (Wildman–Crippen LogP) is 2.56. The lowest BCUT2D eigenvalue weighted by atomic mass is 10.2. The smallest absolute Gasteiger partial charge is 0.176 e. The van der Waals surface area contributed by atoms with Crippen LogP contribution in [0.25, 0.3) is 0 Å². The number of aliphatic hydroxyl groups is 1. The second-order valence-electron chi connectivity index (χ2n) is 4.46. The Bertz CT molecular complexity index is 471. The second kappa shape index (κ2) is 6.92. The van der Waals surface area contributed by atoms with E-state index in [9.17, 15) is 5.11 Å². The molecule has 2 atom stereocenters. The fourth-order valence-electron chi connectivity index (χ4n) is 1.77. The van der Waals surface area contributed by atoms with Crippen molar-refractivity contribution in [2.24, 2.45) is 0 Å². The summed E-state index contributed by atoms with van der Waals surface area (Å²) in [6.45, 7) is 2.37. The summed E-state index contributed by atoms with van der Waals surface area (Å²) in [5, 5.41) is 13.0. The first kappa shape index (κ1) is 13.6. The molecule has 2 aromatic carbocycles. The summed E-state index contributed by atoms with van der Waals surface area (Å²) < 4.78 is 5.74. The first-order valence-corrected chi connectivity index (χ1v) is 6.43. The Balaban J connectivity index is 1.93. The standard InChI is InChI=1S/C16H19NO2/c1-13(18)16(19-15-10-6-3-7-11-15)17-12-14-8-4-2-5-9-14/h2-11,13,16-18H,12H2,1H3/t13-,16-/m1/s1. The van der Waals surface area contributed by atoms with E-state index in [1.807, 2.05) is 60.7 Å². The van der Waals surface area contributed by atoms with Crippen LogP contribution in [0.3, 0.4) is 0 Å². The molecule has 19 heavy (non-hydrogen) atoms. The van der Waals surface area contributed by atoms with Crippen molar-refractivity contribution >= 4 is 0 Å². The van der Waals surface area contributed by atoms with Crippen molar-refractivity contribution in [2.45, 2.75) is 25.8 Å². The van der Waals surface area contributed by atoms with E-state index >= 15 is 0 Å². The summed E-state index contributed by atoms with van der Waals surface area (Å²) >= 11 is 0. The number of ether oxygens (including phenoxy) is 1. The lowest BCUT2D eigenvalue weighted by Gasteiger charge is -2.23. The Labute approximate surface area is 113 Å². The van der Waals surface area contributed by atoms with Gasteiger partial charge in [-0.25, -0.2) is 0 Å². The summed E-state index contributed by atoms with van der Waals surface area (Å²) in [7, 11) is 0. The summed E-state index contributed by atoms with van der Waals surface area (Å²) in [4.78, 5) is 0. The molecule has 2 rings (SSSR count). The first-order valence-electron chi connectivity index (χ1n) is 6.43. The van der Waals surface area contributed by atoms with Crippen molar-refractivity contribution in [2.75, 3.05) is 0 Å². The van der Waals surface area contributed by atoms with Crippen LogP contribution in [0.2, 0.25) is 0 Å². The van der Waals surface area contributed by atoms with E-state index < -0.39 is 12.3 Å². The van der Waals surface area contributed by atoms with E-state index in [1.165, 1.54) is 0 Å². The van der Waals surface area contributed by atoms with Gasteiger partial charge in [-0.15, -0.1) is 0 Å². The molecule has 3 heteroatoms. The lowest BCUT2D eigenvalue weighted by molar-refractivity contribution is 0.0257. The van der Waals surface area contributed by atoms with Crippen LogP contribution in [0.4, 0.5) is 0 Å². The Kier molecular flexibility index (Phi) is 4.95. The number of para-hydroxylation sites is 1. The summed E-state index contributed by atoms with van der Waals surface area (Å²) in [5.74, 6) is 0.744. The van der Waals surface area contributed by atoms with E-state index in [0.717, 1.165) is 11.3 Å². The molecule has 0 unspecified atom stereocenters. The Morgan fingerprint density at radius 2 is 1.58 bits per heavy atom. The van der Waals surface area contributed by atoms with Gasteiger partial charge in [0.1, 0.15) is 11.9 Å². The van der Waals surface area contributed by atoms with Gasteiger partial charge >= 0.3 is 0 Å². The largest absolute Gasteiger partial charge is 0.473 e. The molecule has 0 radical (unpaired) electrons. The maximum Gasteiger partial charge on any atom is 0.176 e. The van der Waals surface area contributed by atoms with Crippen LogP contribution in [-0.2, 0) is 6.54 Å². The molecule has 2 aromatic rings. The first-order chi connectivity index (χ1) is 9.25. The van der Waals surface area contributed by atoms with Crippen molar-refractivity contribution in [1.82, 2.24) is 5.32 Å². The van der Waals surface area contributed by atoms with Crippen LogP contribution in [-0.4, -0.2) is 17.4 Å². The fraction of sp³-hybridized carbons (Fsp3) is 0.250. The molecule has 0 aliphatic carbocycles. The third-order valence-electron chi connectivity index (χ3n) is 2.79. The van der Waals surface area contributed by atoms with Gasteiger partial charge in [0.2, 0.25) is 0 Å². The number of rotatable bonds is 6. The molecule has 0 heterocycles. The highest BCUT2D eigenvalue weighted by Gasteiger charge is 2.15. The second-order valence-corrected chi connectivity index (χ2v) is 4.46. The average molecular weight is 257 g/mol. The predicted molar refractivity (Wildman–Crippen MR) is 75.8 cm³/mol. The number of hydrogen-bond acceptors (Lipinski definition) is 3. The van der Waals surface area contributed by atoms with Gasteiger partial charge in [0.05, 0.1) is 0 Å². The monoisotopic (exact) mass is 257 g/mol. The average Bonchev–Trinajstić information content (AvgIpc) is 2.45. The van der Waals surface area contributed by atoms with Crippen molar-refractivity contribution in [3.8, 4) is 5.75 Å². The quantitative estimate of drug-likeness (QED) is 0.781. The highest BCUT2D eigenvalue weighted by molar-refractivity contribution is 5.21. The van der Waals surface area contributed by atoms with Crippen molar-refractivity contribution < 1.29 is 9.84 Å². The normalized spacial score (nSPS) is 13.8. The number of aliphatic hydroxyl groups excluding tert-OH is 1. The minimum atomic E-state index is -0.594. The molecule has 0 fully saturated rings. The summed E-state index contributed by atoms with van der Waals surface area (Å²) in [6.07, 6.45) is -1.02. The van der Waals surface area contributed by atoms with E-state index in [2.05, 4.69) is 5.32 Å². The molecule has 0 aliphatic rings. The molecular weight excluding hydrogens is 238 g/mol. The molecule has 3 nitrogen and oxygen atoms in total. The van der Waals surface area contributed by atoms with Gasteiger partial charge in [0, 0.05) is 6.54 Å². The molecular formula is C16H19NO2. The highest BCUT2D eigenvalue weighted by atomic mass is 16.5. The van der Waals surface area contributed by atoms with E-state index in [4.69, 9.17) is 4.74 Å². The molecule has 0 amide bonds. The summed E-state index contributed by atoms with van der Waals surface area (Å²) in [5.41, 5.74) is 1.16. The van der Waals surface area contributed by atoms with Gasteiger partial charge in [-0.1, -0.05) is 48.5 Å². The Hall–Kier alpha value is -1.84. The van der Waals surface area contributed by atoms with Crippen LogP contribution >= 0.6 is 0 Å². The molecule has 0 bridgehead atoms. The zero-order chi connectivity index (χ0) is 13.5. The highest BCUT2D eigenvalue weighted by Crippen LogP contribution is 2.12. The summed E-state index contributed by atoms with van der Waals surface area (Å²) in [6, 6.07) is 19.5. The zero-order valence-corrected chi connectivity index (χ0v) is 11.0. The van der Waals surface area contributed by atoms with E-state index in [1.54, 1.807) is 6.92 Å². The SMILES string of the molecule is C[C@@H](O)[C@H](NCc1ccccc1)Oc1ccccc1. The van der Waals surface area contributed by atoms with Crippen LogP contribution < -0.4 is 10.1 Å². The molecule has 100 valence electrons. The van der Waals surface area contributed by atoms with Crippen LogP contribution in [0.5, 0.6) is 5.75 Å². The van der Waals surface area contributed by atoms with Crippen molar-refractivity contribution in [3.63, 3.8) is 0 Å². The van der Waals surface area contributed by atoms with Crippen LogP contribution in [0.1, 0.15) is 12.5 Å². The number of nitrogens with one attached hydrogen (secondary N) is 1. The molecule has 0 spiro atoms. The molecule has 0 saturated carbocycles. The maximum atomic E-state index is 9.76. The van der Waals surface area contributed by atoms with Gasteiger partial charge in [-0.3, -0.25) is 5.32 Å². The minimum Gasteiger partial charge on any atom is -0.473 e. The third kappa shape index (κ3) is 4.39. The van der Waals surface area contributed by atoms with Crippen LogP contribution in [0, 0.1) is 0 Å². The van der Waals surface area contributed by atoms with Crippen LogP contribution in [0.15, 0.2) is 60.7 Å². The van der Waals surface area contributed by atoms with E-state index in [-0.39, 0.29) is 0 Å². The fourth-order valence-corrected chi connectivity index (χ4v) is 1.77. The lowest BCUT2D eigenvalue weighted by Crippen LogP contribution is -2.42. The van der Waals surface area contributed by atoms with Gasteiger partial charge in [-0.05, 0) is 24.6 Å². The van der Waals surface area contributed by atoms with Crippen molar-refractivity contribution in [3.05, 3.63) is 66.2 Å². The Morgan fingerprint density at radius 3 is 2.16 bits per heavy atom. The molecule has 0 saturated heterocycles. The topological polar surface area (TPSA) is 41.5 Å². The van der Waals surface area contributed by atoms with Crippen molar-refractivity contribution in [1.29, 1.82) is 0 Å². The maximum absolute atomic E-state index is 9.76. The van der Waals surface area contributed by atoms with Gasteiger partial charge in [0.25, 0.3) is 0 Å². The molecule has 0 aromatic heterocycles. The zero-order valence-electron chi connectivity index (χ0n) is 11.0. The van der Waals surface area contributed by atoms with E-state index in [0.29, 0.717) is 6.54 Å². The minimum absolute atomic E-state index is 0.428. The Morgan fingerprint density at radius 1 is 1.00 bits per heavy atom. The molecule has 0 aliphatic heterocycles. The van der Waals surface area contributed by atoms with Gasteiger partial charge in [0.15, 0.2) is 6.23 Å².